The molecule has 0 bridgehead atoms. The van der Waals surface area contributed by atoms with E-state index in [0.717, 1.165) is 16.3 Å². The molecule has 0 saturated carbocycles. The molecular weight excluding hydrogens is 264 g/mol. The van der Waals surface area contributed by atoms with Crippen molar-refractivity contribution in [2.45, 2.75) is 4.90 Å². The molecule has 0 aliphatic heterocycles. The zero-order valence-electron chi connectivity index (χ0n) is 9.97. The molecule has 1 nitrogen and oxygen atoms in total. The third-order valence-corrected chi connectivity index (χ3v) is 3.46. The highest BCUT2D eigenvalue weighted by Gasteiger charge is 1.92. The number of methoxy groups -OCH3 is 1. The van der Waals surface area contributed by atoms with E-state index in [0.29, 0.717) is 0 Å². The van der Waals surface area contributed by atoms with E-state index in [9.17, 15) is 0 Å². The lowest BCUT2D eigenvalue weighted by Gasteiger charge is -1.99. The number of hydrogen-bond donors (Lipinski definition) is 0. The first-order valence-electron chi connectivity index (χ1n) is 5.51. The van der Waals surface area contributed by atoms with Crippen LogP contribution in [0.5, 0.6) is 5.75 Å². The largest absolute Gasteiger partial charge is 0.497 e. The molecule has 0 N–H and O–H groups in total. The second-order valence-electron chi connectivity index (χ2n) is 3.65. The van der Waals surface area contributed by atoms with Gasteiger partial charge in [-0.25, -0.2) is 0 Å². The van der Waals surface area contributed by atoms with Gasteiger partial charge in [0.15, 0.2) is 0 Å². The predicted molar refractivity (Wildman–Crippen MR) is 79.3 cm³/mol. The van der Waals surface area contributed by atoms with Crippen LogP contribution in [0.25, 0.3) is 6.08 Å². The fraction of sp³-hybridized carbons (Fsp3) is 0.0667. The number of hydrogen-bond acceptors (Lipinski definition) is 2. The third kappa shape index (κ3) is 3.83. The lowest BCUT2D eigenvalue weighted by molar-refractivity contribution is 0.415. The van der Waals surface area contributed by atoms with Crippen molar-refractivity contribution in [2.24, 2.45) is 0 Å². The number of benzene rings is 2. The first-order valence-corrected chi connectivity index (χ1v) is 6.76. The average molecular weight is 277 g/mol. The Balaban J connectivity index is 1.96. The topological polar surface area (TPSA) is 9.23 Å². The number of rotatable bonds is 4. The van der Waals surface area contributed by atoms with Crippen LogP contribution in [0.1, 0.15) is 5.56 Å². The predicted octanol–water partition coefficient (Wildman–Crippen LogP) is 5.11. The molecule has 0 unspecified atom stereocenters. The Morgan fingerprint density at radius 2 is 1.67 bits per heavy atom. The van der Waals surface area contributed by atoms with Crippen molar-refractivity contribution < 1.29 is 4.74 Å². The highest BCUT2D eigenvalue weighted by molar-refractivity contribution is 8.02. The number of ether oxygens (including phenoxy) is 1. The maximum absolute atomic E-state index is 5.83. The first kappa shape index (κ1) is 13.1. The van der Waals surface area contributed by atoms with Crippen molar-refractivity contribution in [3.8, 4) is 5.75 Å². The van der Waals surface area contributed by atoms with Crippen molar-refractivity contribution >= 4 is 29.4 Å². The maximum atomic E-state index is 5.83. The van der Waals surface area contributed by atoms with E-state index in [1.54, 1.807) is 18.9 Å². The van der Waals surface area contributed by atoms with Crippen LogP contribution < -0.4 is 4.74 Å². The second kappa shape index (κ2) is 6.53. The van der Waals surface area contributed by atoms with Gasteiger partial charge in [-0.1, -0.05) is 35.5 Å². The van der Waals surface area contributed by atoms with Gasteiger partial charge in [0.05, 0.1) is 7.11 Å². The highest BCUT2D eigenvalue weighted by Crippen LogP contribution is 2.22. The molecule has 2 aromatic rings. The SMILES string of the molecule is COc1ccc(/C=C/Sc2ccc(Cl)cc2)cc1. The van der Waals surface area contributed by atoms with Crippen LogP contribution in [0.3, 0.4) is 0 Å². The normalized spacial score (nSPS) is 10.8. The third-order valence-electron chi connectivity index (χ3n) is 2.39. The lowest BCUT2D eigenvalue weighted by atomic mass is 10.2. The van der Waals surface area contributed by atoms with Crippen LogP contribution in [0, 0.1) is 0 Å². The van der Waals surface area contributed by atoms with Gasteiger partial charge in [-0.05, 0) is 53.4 Å². The molecule has 0 aromatic heterocycles. The summed E-state index contributed by atoms with van der Waals surface area (Å²) >= 11 is 7.49. The standard InChI is InChI=1S/C15H13ClOS/c1-17-14-6-2-12(3-7-14)10-11-18-15-8-4-13(16)5-9-15/h2-11H,1H3/b11-10+. The Bertz CT molecular complexity index is 517. The molecule has 92 valence electrons. The fourth-order valence-electron chi connectivity index (χ4n) is 1.42. The van der Waals surface area contributed by atoms with Crippen molar-refractivity contribution in [3.63, 3.8) is 0 Å². The minimum absolute atomic E-state index is 0.762. The summed E-state index contributed by atoms with van der Waals surface area (Å²) in [6.07, 6.45) is 2.07. The minimum atomic E-state index is 0.762. The smallest absolute Gasteiger partial charge is 0.118 e. The van der Waals surface area contributed by atoms with Crippen LogP contribution >= 0.6 is 23.4 Å². The molecule has 0 radical (unpaired) electrons. The van der Waals surface area contributed by atoms with Gasteiger partial charge in [-0.2, -0.15) is 0 Å². The quantitative estimate of drug-likeness (QED) is 0.718. The molecule has 2 rings (SSSR count). The highest BCUT2D eigenvalue weighted by atomic mass is 35.5. The summed E-state index contributed by atoms with van der Waals surface area (Å²) in [5.74, 6) is 0.873. The molecule has 0 heterocycles. The van der Waals surface area contributed by atoms with Crippen molar-refractivity contribution in [3.05, 3.63) is 64.5 Å². The van der Waals surface area contributed by atoms with E-state index in [1.165, 1.54) is 4.90 Å². The van der Waals surface area contributed by atoms with Gasteiger partial charge in [0.2, 0.25) is 0 Å². The Morgan fingerprint density at radius 1 is 1.00 bits per heavy atom. The summed E-state index contributed by atoms with van der Waals surface area (Å²) in [6.45, 7) is 0. The zero-order chi connectivity index (χ0) is 12.8. The average Bonchev–Trinajstić information content (AvgIpc) is 2.42. The van der Waals surface area contributed by atoms with Crippen molar-refractivity contribution in [1.29, 1.82) is 0 Å². The van der Waals surface area contributed by atoms with Gasteiger partial charge in [0.1, 0.15) is 5.75 Å². The van der Waals surface area contributed by atoms with Crippen LogP contribution in [0.2, 0.25) is 5.02 Å². The number of thioether (sulfide) groups is 1. The van der Waals surface area contributed by atoms with Crippen molar-refractivity contribution in [1.82, 2.24) is 0 Å². The van der Waals surface area contributed by atoms with E-state index < -0.39 is 0 Å². The summed E-state index contributed by atoms with van der Waals surface area (Å²) in [5.41, 5.74) is 1.15. The molecule has 0 fully saturated rings. The molecule has 2 aromatic carbocycles. The van der Waals surface area contributed by atoms with Gasteiger partial charge >= 0.3 is 0 Å². The minimum Gasteiger partial charge on any atom is -0.497 e. The van der Waals surface area contributed by atoms with E-state index in [1.807, 2.05) is 48.5 Å². The monoisotopic (exact) mass is 276 g/mol. The van der Waals surface area contributed by atoms with Gasteiger partial charge in [0, 0.05) is 9.92 Å². The molecule has 0 atom stereocenters. The van der Waals surface area contributed by atoms with Gasteiger partial charge in [-0.3, -0.25) is 0 Å². The van der Waals surface area contributed by atoms with E-state index in [4.69, 9.17) is 16.3 Å². The maximum Gasteiger partial charge on any atom is 0.118 e. The molecule has 0 spiro atoms. The Morgan fingerprint density at radius 3 is 2.28 bits per heavy atom. The summed E-state index contributed by atoms with van der Waals surface area (Å²) in [6, 6.07) is 15.8. The summed E-state index contributed by atoms with van der Waals surface area (Å²) in [7, 11) is 1.67. The van der Waals surface area contributed by atoms with Crippen molar-refractivity contribution in [2.75, 3.05) is 7.11 Å². The van der Waals surface area contributed by atoms with Gasteiger partial charge < -0.3 is 4.74 Å². The van der Waals surface area contributed by atoms with E-state index >= 15 is 0 Å². The van der Waals surface area contributed by atoms with Crippen LogP contribution in [0.4, 0.5) is 0 Å². The number of halogens is 1. The zero-order valence-corrected chi connectivity index (χ0v) is 11.5. The Labute approximate surface area is 116 Å². The molecule has 0 aliphatic carbocycles. The Hall–Kier alpha value is -1.38. The Kier molecular flexibility index (Phi) is 4.73. The first-order chi connectivity index (χ1) is 8.78. The molecule has 18 heavy (non-hydrogen) atoms. The molecule has 3 heteroatoms. The van der Waals surface area contributed by atoms with Crippen LogP contribution in [-0.4, -0.2) is 7.11 Å². The lowest BCUT2D eigenvalue weighted by Crippen LogP contribution is -1.81. The van der Waals surface area contributed by atoms with Gasteiger partial charge in [0.25, 0.3) is 0 Å². The summed E-state index contributed by atoms with van der Waals surface area (Å²) in [4.78, 5) is 1.17. The fourth-order valence-corrected chi connectivity index (χ4v) is 2.22. The van der Waals surface area contributed by atoms with E-state index in [2.05, 4.69) is 11.5 Å². The van der Waals surface area contributed by atoms with Crippen LogP contribution in [-0.2, 0) is 0 Å². The molecule has 0 aliphatic rings. The van der Waals surface area contributed by atoms with Crippen LogP contribution in [0.15, 0.2) is 58.8 Å². The summed E-state index contributed by atoms with van der Waals surface area (Å²) in [5, 5.41) is 2.82. The molecular formula is C15H13ClOS. The second-order valence-corrected chi connectivity index (χ2v) is 5.06. The molecule has 0 saturated heterocycles. The van der Waals surface area contributed by atoms with E-state index in [-0.39, 0.29) is 0 Å². The molecule has 0 amide bonds. The summed E-state index contributed by atoms with van der Waals surface area (Å²) < 4.78 is 5.11. The van der Waals surface area contributed by atoms with Gasteiger partial charge in [-0.15, -0.1) is 0 Å².